The molecule has 0 saturated carbocycles. The average molecular weight is 284 g/mol. The molecule has 0 spiro atoms. The first-order valence-corrected chi connectivity index (χ1v) is 5.89. The summed E-state index contributed by atoms with van der Waals surface area (Å²) < 4.78 is 9.99. The summed E-state index contributed by atoms with van der Waals surface area (Å²) in [7, 11) is 1.55. The zero-order valence-corrected chi connectivity index (χ0v) is 11.0. The van der Waals surface area contributed by atoms with Gasteiger partial charge in [0, 0.05) is 19.7 Å². The van der Waals surface area contributed by atoms with Gasteiger partial charge in [-0.25, -0.2) is 4.79 Å². The van der Waals surface area contributed by atoms with Crippen LogP contribution < -0.4 is 5.32 Å². The molecule has 110 valence electrons. The highest BCUT2D eigenvalue weighted by Gasteiger charge is 2.20. The van der Waals surface area contributed by atoms with Crippen LogP contribution in [-0.2, 0) is 9.47 Å². The molecular weight excluding hydrogens is 268 g/mol. The zero-order valence-electron chi connectivity index (χ0n) is 11.0. The molecule has 1 aromatic rings. The van der Waals surface area contributed by atoms with Crippen LogP contribution in [0.4, 0.5) is 11.4 Å². The van der Waals surface area contributed by atoms with Crippen molar-refractivity contribution in [3.8, 4) is 0 Å². The highest BCUT2D eigenvalue weighted by Crippen LogP contribution is 2.28. The summed E-state index contributed by atoms with van der Waals surface area (Å²) in [5, 5.41) is 22.7. The number of hydrogen-bond donors (Lipinski definition) is 2. The van der Waals surface area contributed by atoms with Crippen molar-refractivity contribution in [3.63, 3.8) is 0 Å². The van der Waals surface area contributed by atoms with Crippen molar-refractivity contribution in [1.82, 2.24) is 0 Å². The lowest BCUT2D eigenvalue weighted by Crippen LogP contribution is -2.15. The summed E-state index contributed by atoms with van der Waals surface area (Å²) in [5.41, 5.74) is -0.432. The van der Waals surface area contributed by atoms with Crippen LogP contribution in [0, 0.1) is 10.1 Å². The Morgan fingerprint density at radius 2 is 2.15 bits per heavy atom. The van der Waals surface area contributed by atoms with Gasteiger partial charge in [-0.2, -0.15) is 0 Å². The Balaban J connectivity index is 2.71. The number of hydrogen-bond acceptors (Lipinski definition) is 6. The third kappa shape index (κ3) is 4.48. The van der Waals surface area contributed by atoms with Crippen LogP contribution in [0.25, 0.3) is 0 Å². The Bertz CT molecular complexity index is 445. The van der Waals surface area contributed by atoms with Gasteiger partial charge in [0.1, 0.15) is 5.69 Å². The fraction of sp³-hybridized carbons (Fsp3) is 0.417. The van der Waals surface area contributed by atoms with Gasteiger partial charge in [-0.3, -0.25) is 10.1 Å². The minimum atomic E-state index is -1.23. The highest BCUT2D eigenvalue weighted by molar-refractivity contribution is 5.96. The van der Waals surface area contributed by atoms with Crippen LogP contribution in [-0.4, -0.2) is 49.5 Å². The first kappa shape index (κ1) is 15.9. The van der Waals surface area contributed by atoms with E-state index in [1.807, 2.05) is 0 Å². The number of nitrogens with one attached hydrogen (secondary N) is 1. The molecule has 0 radical (unpaired) electrons. The van der Waals surface area contributed by atoms with Crippen LogP contribution in [0.5, 0.6) is 0 Å². The van der Waals surface area contributed by atoms with Gasteiger partial charge in [0.25, 0.3) is 5.69 Å². The fourth-order valence-electron chi connectivity index (χ4n) is 1.55. The summed E-state index contributed by atoms with van der Waals surface area (Å²) in [6.07, 6.45) is 0. The molecule has 1 rings (SSSR count). The van der Waals surface area contributed by atoms with Gasteiger partial charge in [-0.1, -0.05) is 6.07 Å². The third-order valence-corrected chi connectivity index (χ3v) is 2.45. The van der Waals surface area contributed by atoms with Crippen molar-refractivity contribution in [2.24, 2.45) is 0 Å². The second-order valence-electron chi connectivity index (χ2n) is 3.79. The monoisotopic (exact) mass is 284 g/mol. The molecule has 0 saturated heterocycles. The molecule has 0 aromatic heterocycles. The van der Waals surface area contributed by atoms with E-state index in [1.165, 1.54) is 18.2 Å². The molecule has 8 heteroatoms. The predicted octanol–water partition coefficient (Wildman–Crippen LogP) is 1.37. The maximum atomic E-state index is 11.1. The number of carboxylic acids is 1. The van der Waals surface area contributed by atoms with Crippen LogP contribution >= 0.6 is 0 Å². The van der Waals surface area contributed by atoms with Gasteiger partial charge in [-0.05, 0) is 6.07 Å². The second-order valence-corrected chi connectivity index (χ2v) is 3.79. The largest absolute Gasteiger partial charge is 0.478 e. The second kappa shape index (κ2) is 8.08. The summed E-state index contributed by atoms with van der Waals surface area (Å²) in [6, 6.07) is 3.89. The maximum Gasteiger partial charge on any atom is 0.338 e. The number of para-hydroxylation sites is 1. The number of aromatic carboxylic acids is 1. The van der Waals surface area contributed by atoms with E-state index in [-0.39, 0.29) is 30.1 Å². The number of methoxy groups -OCH3 is 1. The Morgan fingerprint density at radius 3 is 2.75 bits per heavy atom. The SMILES string of the molecule is COCCOCCNc1c(C(=O)O)cccc1[N+](=O)[O-]. The van der Waals surface area contributed by atoms with Gasteiger partial charge in [0.2, 0.25) is 0 Å². The van der Waals surface area contributed by atoms with Crippen LogP contribution in [0.3, 0.4) is 0 Å². The average Bonchev–Trinajstić information content (AvgIpc) is 2.42. The van der Waals surface area contributed by atoms with E-state index < -0.39 is 10.9 Å². The smallest absolute Gasteiger partial charge is 0.338 e. The Morgan fingerprint density at radius 1 is 1.40 bits per heavy atom. The Hall–Kier alpha value is -2.19. The summed E-state index contributed by atoms with van der Waals surface area (Å²) in [5.74, 6) is -1.23. The Labute approximate surface area is 115 Å². The van der Waals surface area contributed by atoms with E-state index in [0.29, 0.717) is 13.2 Å². The van der Waals surface area contributed by atoms with E-state index in [9.17, 15) is 14.9 Å². The molecular formula is C12H16N2O6. The van der Waals surface area contributed by atoms with Gasteiger partial charge >= 0.3 is 5.97 Å². The lowest BCUT2D eigenvalue weighted by Gasteiger charge is -2.10. The lowest BCUT2D eigenvalue weighted by molar-refractivity contribution is -0.384. The number of benzene rings is 1. The van der Waals surface area contributed by atoms with E-state index in [0.717, 1.165) is 0 Å². The molecule has 0 atom stereocenters. The molecule has 1 aromatic carbocycles. The quantitative estimate of drug-likeness (QED) is 0.400. The normalized spacial score (nSPS) is 10.2. The van der Waals surface area contributed by atoms with Gasteiger partial charge in [0.05, 0.1) is 30.3 Å². The van der Waals surface area contributed by atoms with Crippen LogP contribution in [0.15, 0.2) is 18.2 Å². The van der Waals surface area contributed by atoms with Gasteiger partial charge in [0.15, 0.2) is 0 Å². The van der Waals surface area contributed by atoms with E-state index in [1.54, 1.807) is 7.11 Å². The molecule has 0 amide bonds. The number of carboxylic acid groups (broad SMARTS) is 1. The van der Waals surface area contributed by atoms with Crippen molar-refractivity contribution in [2.45, 2.75) is 0 Å². The highest BCUT2D eigenvalue weighted by atomic mass is 16.6. The number of carbonyl (C=O) groups is 1. The first-order chi connectivity index (χ1) is 9.57. The summed E-state index contributed by atoms with van der Waals surface area (Å²) >= 11 is 0. The number of nitro groups is 1. The molecule has 8 nitrogen and oxygen atoms in total. The van der Waals surface area contributed by atoms with Crippen molar-refractivity contribution in [3.05, 3.63) is 33.9 Å². The predicted molar refractivity (Wildman–Crippen MR) is 71.2 cm³/mol. The minimum Gasteiger partial charge on any atom is -0.478 e. The number of ether oxygens (including phenoxy) is 2. The van der Waals surface area contributed by atoms with Gasteiger partial charge in [-0.15, -0.1) is 0 Å². The van der Waals surface area contributed by atoms with Crippen molar-refractivity contribution >= 4 is 17.3 Å². The van der Waals surface area contributed by atoms with Crippen LogP contribution in [0.2, 0.25) is 0 Å². The number of rotatable bonds is 9. The molecule has 0 unspecified atom stereocenters. The number of nitro benzene ring substituents is 1. The first-order valence-electron chi connectivity index (χ1n) is 5.89. The van der Waals surface area contributed by atoms with E-state index >= 15 is 0 Å². The summed E-state index contributed by atoms with van der Waals surface area (Å²) in [6.45, 7) is 1.40. The third-order valence-electron chi connectivity index (χ3n) is 2.45. The molecule has 0 aliphatic carbocycles. The topological polar surface area (TPSA) is 111 Å². The summed E-state index contributed by atoms with van der Waals surface area (Å²) in [4.78, 5) is 21.3. The minimum absolute atomic E-state index is 0.0136. The molecule has 20 heavy (non-hydrogen) atoms. The van der Waals surface area contributed by atoms with E-state index in [4.69, 9.17) is 14.6 Å². The standard InChI is InChI=1S/C12H16N2O6/c1-19-7-8-20-6-5-13-11-9(12(15)16)3-2-4-10(11)14(17)18/h2-4,13H,5-8H2,1H3,(H,15,16). The maximum absolute atomic E-state index is 11.1. The van der Waals surface area contributed by atoms with Crippen molar-refractivity contribution < 1.29 is 24.3 Å². The molecule has 0 aliphatic heterocycles. The molecule has 0 heterocycles. The molecule has 2 N–H and O–H groups in total. The molecule has 0 bridgehead atoms. The Kier molecular flexibility index (Phi) is 6.41. The molecule has 0 aliphatic rings. The fourth-order valence-corrected chi connectivity index (χ4v) is 1.55. The van der Waals surface area contributed by atoms with Gasteiger partial charge < -0.3 is 19.9 Å². The number of anilines is 1. The van der Waals surface area contributed by atoms with E-state index in [2.05, 4.69) is 5.32 Å². The van der Waals surface area contributed by atoms with Crippen molar-refractivity contribution in [2.75, 3.05) is 38.8 Å². The zero-order chi connectivity index (χ0) is 15.0. The molecule has 0 fully saturated rings. The van der Waals surface area contributed by atoms with Crippen molar-refractivity contribution in [1.29, 1.82) is 0 Å². The van der Waals surface area contributed by atoms with Crippen LogP contribution in [0.1, 0.15) is 10.4 Å². The lowest BCUT2D eigenvalue weighted by atomic mass is 10.1. The number of nitrogens with zero attached hydrogens (tertiary/aromatic N) is 1.